The van der Waals surface area contributed by atoms with Crippen LogP contribution in [0.3, 0.4) is 0 Å². The fourth-order valence-corrected chi connectivity index (χ4v) is 2.77. The summed E-state index contributed by atoms with van der Waals surface area (Å²) in [6, 6.07) is 10.9. The summed E-state index contributed by atoms with van der Waals surface area (Å²) >= 11 is 0.560. The van der Waals surface area contributed by atoms with Crippen LogP contribution in [0.25, 0.3) is 0 Å². The monoisotopic (exact) mass is 239 g/mol. The van der Waals surface area contributed by atoms with Gasteiger partial charge in [-0.1, -0.05) is 0 Å². The van der Waals surface area contributed by atoms with Crippen molar-refractivity contribution in [1.82, 2.24) is 0 Å². The Morgan fingerprint density at radius 3 is 2.62 bits per heavy atom. The average Bonchev–Trinajstić information content (AvgIpc) is 2.15. The molecule has 0 unspecified atom stereocenters. The molecule has 68 valence electrons. The number of aryl methyl sites for hydroxylation is 1. The number of rotatable bonds is 4. The van der Waals surface area contributed by atoms with Crippen LogP contribution >= 0.6 is 0 Å². The quantitative estimate of drug-likeness (QED) is 0.581. The zero-order valence-corrected chi connectivity index (χ0v) is 9.50. The molecule has 0 spiro atoms. The summed E-state index contributed by atoms with van der Waals surface area (Å²) in [6.45, 7) is 2.10. The van der Waals surface area contributed by atoms with Gasteiger partial charge in [-0.3, -0.25) is 0 Å². The van der Waals surface area contributed by atoms with Gasteiger partial charge < -0.3 is 0 Å². The molecule has 1 aromatic carbocycles. The van der Waals surface area contributed by atoms with Crippen LogP contribution < -0.4 is 4.46 Å². The van der Waals surface area contributed by atoms with Gasteiger partial charge in [-0.05, 0) is 0 Å². The first-order valence-corrected chi connectivity index (χ1v) is 6.46. The van der Waals surface area contributed by atoms with E-state index in [4.69, 9.17) is 5.26 Å². The number of benzene rings is 1. The Balaban J connectivity index is 2.30. The molecule has 0 heterocycles. The van der Waals surface area contributed by atoms with Crippen LogP contribution in [-0.2, 0) is 0 Å². The summed E-state index contributed by atoms with van der Waals surface area (Å²) < 4.78 is 1.44. The summed E-state index contributed by atoms with van der Waals surface area (Å²) in [5.41, 5.74) is 1.32. The van der Waals surface area contributed by atoms with Crippen molar-refractivity contribution in [3.8, 4) is 6.07 Å². The molecule has 1 rings (SSSR count). The molecule has 0 bridgehead atoms. The molecule has 0 saturated carbocycles. The van der Waals surface area contributed by atoms with Crippen LogP contribution in [0.5, 0.6) is 0 Å². The van der Waals surface area contributed by atoms with E-state index in [1.807, 2.05) is 0 Å². The van der Waals surface area contributed by atoms with Crippen LogP contribution in [0.4, 0.5) is 0 Å². The van der Waals surface area contributed by atoms with E-state index >= 15 is 0 Å². The first-order chi connectivity index (χ1) is 6.33. The van der Waals surface area contributed by atoms with E-state index in [0.717, 1.165) is 6.42 Å². The van der Waals surface area contributed by atoms with E-state index in [-0.39, 0.29) is 0 Å². The molecule has 2 heteroatoms. The molecular weight excluding hydrogens is 225 g/mol. The molecule has 0 aliphatic heterocycles. The standard InChI is InChI=1S/C11H13NSe/c1-10-4-6-11(7-5-10)13-9-3-2-8-12/h4-7H,2-3,9H2,1H3. The number of nitriles is 1. The first kappa shape index (κ1) is 10.3. The average molecular weight is 238 g/mol. The Bertz CT molecular complexity index is 284. The van der Waals surface area contributed by atoms with E-state index in [1.54, 1.807) is 0 Å². The first-order valence-electron chi connectivity index (χ1n) is 4.39. The van der Waals surface area contributed by atoms with Crippen LogP contribution in [0, 0.1) is 18.3 Å². The maximum atomic E-state index is 8.36. The topological polar surface area (TPSA) is 23.8 Å². The Morgan fingerprint density at radius 1 is 1.31 bits per heavy atom. The maximum absolute atomic E-state index is 8.36. The zero-order chi connectivity index (χ0) is 9.52. The third-order valence-corrected chi connectivity index (χ3v) is 4.03. The third kappa shape index (κ3) is 4.12. The molecule has 1 nitrogen and oxygen atoms in total. The van der Waals surface area contributed by atoms with Gasteiger partial charge in [-0.15, -0.1) is 0 Å². The third-order valence-electron chi connectivity index (χ3n) is 1.72. The molecule has 0 fully saturated rings. The molecule has 0 aliphatic carbocycles. The molecule has 1 aromatic rings. The molecule has 13 heavy (non-hydrogen) atoms. The van der Waals surface area contributed by atoms with E-state index < -0.39 is 0 Å². The molecule has 0 aliphatic rings. The Kier molecular flexibility index (Phi) is 4.60. The van der Waals surface area contributed by atoms with Gasteiger partial charge in [0.05, 0.1) is 0 Å². The molecule has 0 saturated heterocycles. The van der Waals surface area contributed by atoms with Gasteiger partial charge in [0.2, 0.25) is 0 Å². The van der Waals surface area contributed by atoms with Gasteiger partial charge in [0, 0.05) is 0 Å². The summed E-state index contributed by atoms with van der Waals surface area (Å²) in [7, 11) is 0. The minimum absolute atomic E-state index is 0.560. The van der Waals surface area contributed by atoms with Crippen LogP contribution in [0.1, 0.15) is 18.4 Å². The second-order valence-electron chi connectivity index (χ2n) is 2.92. The van der Waals surface area contributed by atoms with Crippen LogP contribution in [-0.4, -0.2) is 15.0 Å². The van der Waals surface area contributed by atoms with Gasteiger partial charge in [0.25, 0.3) is 0 Å². The van der Waals surface area contributed by atoms with E-state index in [1.165, 1.54) is 15.3 Å². The number of hydrogen-bond donors (Lipinski definition) is 0. The van der Waals surface area contributed by atoms with Crippen molar-refractivity contribution in [2.75, 3.05) is 0 Å². The molecule has 0 amide bonds. The van der Waals surface area contributed by atoms with Crippen molar-refractivity contribution in [2.24, 2.45) is 0 Å². The number of nitrogens with zero attached hydrogens (tertiary/aromatic N) is 1. The fraction of sp³-hybridized carbons (Fsp3) is 0.364. The molecule has 0 N–H and O–H groups in total. The normalized spacial score (nSPS) is 9.54. The molecule has 0 aromatic heterocycles. The summed E-state index contributed by atoms with van der Waals surface area (Å²) in [5.74, 6) is 0. The second kappa shape index (κ2) is 5.80. The second-order valence-corrected chi connectivity index (χ2v) is 5.37. The zero-order valence-electron chi connectivity index (χ0n) is 7.79. The summed E-state index contributed by atoms with van der Waals surface area (Å²) in [6.07, 6.45) is 1.75. The SMILES string of the molecule is Cc1ccc([Se]CCCC#N)cc1. The Morgan fingerprint density at radius 2 is 2.00 bits per heavy atom. The summed E-state index contributed by atoms with van der Waals surface area (Å²) in [5, 5.41) is 9.54. The van der Waals surface area contributed by atoms with Crippen molar-refractivity contribution in [3.63, 3.8) is 0 Å². The minimum atomic E-state index is 0.560. The van der Waals surface area contributed by atoms with Gasteiger partial charge >= 0.3 is 85.7 Å². The van der Waals surface area contributed by atoms with Gasteiger partial charge in [0.1, 0.15) is 0 Å². The Hall–Kier alpha value is -0.771. The van der Waals surface area contributed by atoms with Crippen molar-refractivity contribution in [3.05, 3.63) is 29.8 Å². The predicted octanol–water partition coefficient (Wildman–Crippen LogP) is 2.05. The van der Waals surface area contributed by atoms with Crippen molar-refractivity contribution in [2.45, 2.75) is 25.1 Å². The number of hydrogen-bond acceptors (Lipinski definition) is 1. The van der Waals surface area contributed by atoms with E-state index in [2.05, 4.69) is 37.3 Å². The predicted molar refractivity (Wildman–Crippen MR) is 56.2 cm³/mol. The van der Waals surface area contributed by atoms with E-state index in [0.29, 0.717) is 21.4 Å². The van der Waals surface area contributed by atoms with Gasteiger partial charge in [-0.25, -0.2) is 0 Å². The molecule has 0 radical (unpaired) electrons. The van der Waals surface area contributed by atoms with Crippen molar-refractivity contribution in [1.29, 1.82) is 5.26 Å². The van der Waals surface area contributed by atoms with Gasteiger partial charge in [-0.2, -0.15) is 0 Å². The van der Waals surface area contributed by atoms with Crippen molar-refractivity contribution >= 4 is 19.4 Å². The van der Waals surface area contributed by atoms with Crippen molar-refractivity contribution < 1.29 is 0 Å². The summed E-state index contributed by atoms with van der Waals surface area (Å²) in [4.78, 5) is 0. The molecular formula is C11H13NSe. The molecule has 0 atom stereocenters. The van der Waals surface area contributed by atoms with Gasteiger partial charge in [0.15, 0.2) is 0 Å². The van der Waals surface area contributed by atoms with Crippen LogP contribution in [0.2, 0.25) is 5.32 Å². The van der Waals surface area contributed by atoms with E-state index in [9.17, 15) is 0 Å². The van der Waals surface area contributed by atoms with Crippen LogP contribution in [0.15, 0.2) is 24.3 Å². The number of unbranched alkanes of at least 4 members (excludes halogenated alkanes) is 1. The fourth-order valence-electron chi connectivity index (χ4n) is 0.976. The Labute approximate surface area is 85.9 Å².